The van der Waals surface area contributed by atoms with Crippen LogP contribution in [0, 0.1) is 16.1 Å². The Hall–Kier alpha value is -2.19. The summed E-state index contributed by atoms with van der Waals surface area (Å²) >= 11 is 0. The van der Waals surface area contributed by atoms with Gasteiger partial charge in [-0.3, -0.25) is 14.9 Å². The van der Waals surface area contributed by atoms with E-state index in [1.54, 1.807) is 0 Å². The largest absolute Gasteiger partial charge is 0.469 e. The van der Waals surface area contributed by atoms with E-state index in [-0.39, 0.29) is 0 Å². The summed E-state index contributed by atoms with van der Waals surface area (Å²) in [7, 11) is 1.02. The quantitative estimate of drug-likeness (QED) is 0.358. The van der Waals surface area contributed by atoms with Crippen LogP contribution in [0.15, 0.2) is 6.07 Å². The van der Waals surface area contributed by atoms with Crippen LogP contribution in [-0.4, -0.2) is 23.0 Å². The number of nitro groups is 1. The summed E-state index contributed by atoms with van der Waals surface area (Å²) in [5.41, 5.74) is -2.52. The zero-order valence-electron chi connectivity index (χ0n) is 9.02. The fourth-order valence-corrected chi connectivity index (χ4v) is 1.22. The Bertz CT molecular complexity index is 493. The molecule has 9 heteroatoms. The first-order valence-corrected chi connectivity index (χ1v) is 4.55. The van der Waals surface area contributed by atoms with Crippen LogP contribution in [0.2, 0.25) is 0 Å². The summed E-state index contributed by atoms with van der Waals surface area (Å²) < 4.78 is 42.4. The van der Waals surface area contributed by atoms with Gasteiger partial charge in [-0.15, -0.1) is 0 Å². The average Bonchev–Trinajstić information content (AvgIpc) is 2.29. The van der Waals surface area contributed by atoms with E-state index in [0.717, 1.165) is 7.11 Å². The maximum Gasteiger partial charge on any atom is 0.324 e. The minimum Gasteiger partial charge on any atom is -0.469 e. The normalized spacial score (nSPS) is 10.5. The third-order valence-electron chi connectivity index (χ3n) is 2.04. The highest BCUT2D eigenvalue weighted by molar-refractivity contribution is 5.73. The molecule has 0 fully saturated rings. The van der Waals surface area contributed by atoms with Crippen LogP contribution in [0.1, 0.15) is 17.7 Å². The Morgan fingerprint density at radius 3 is 2.67 bits per heavy atom. The molecular weight excluding hydrogens is 257 g/mol. The van der Waals surface area contributed by atoms with Gasteiger partial charge in [0.25, 0.3) is 12.4 Å². The molecule has 1 rings (SSSR count). The standard InChI is InChI=1S/C9H7F3N2O4/c1-18-6(15)3-4-2-5(14(16)17)9(12)13-7(4)8(10)11/h2,8H,3H2,1H3. The van der Waals surface area contributed by atoms with Gasteiger partial charge in [-0.05, 0) is 5.56 Å². The second-order valence-electron chi connectivity index (χ2n) is 3.15. The van der Waals surface area contributed by atoms with E-state index in [1.165, 1.54) is 0 Å². The summed E-state index contributed by atoms with van der Waals surface area (Å²) in [4.78, 5) is 23.1. The molecule has 0 N–H and O–H groups in total. The first-order valence-electron chi connectivity index (χ1n) is 4.55. The number of hydrogen-bond donors (Lipinski definition) is 0. The third kappa shape index (κ3) is 2.93. The fourth-order valence-electron chi connectivity index (χ4n) is 1.22. The smallest absolute Gasteiger partial charge is 0.324 e. The number of hydrogen-bond acceptors (Lipinski definition) is 5. The minimum atomic E-state index is -3.15. The van der Waals surface area contributed by atoms with Crippen molar-refractivity contribution in [2.75, 3.05) is 7.11 Å². The molecule has 98 valence electrons. The number of methoxy groups -OCH3 is 1. The zero-order chi connectivity index (χ0) is 13.9. The van der Waals surface area contributed by atoms with Gasteiger partial charge < -0.3 is 4.74 Å². The van der Waals surface area contributed by atoms with Gasteiger partial charge in [0, 0.05) is 6.07 Å². The Labute approximate surface area is 98.5 Å². The summed E-state index contributed by atoms with van der Waals surface area (Å²) in [6.07, 6.45) is -3.80. The average molecular weight is 264 g/mol. The molecule has 0 radical (unpaired) electrons. The van der Waals surface area contributed by atoms with Crippen LogP contribution in [0.4, 0.5) is 18.9 Å². The molecule has 1 heterocycles. The highest BCUT2D eigenvalue weighted by atomic mass is 19.3. The minimum absolute atomic E-state index is 0.440. The molecule has 0 aliphatic rings. The van der Waals surface area contributed by atoms with Gasteiger partial charge in [0.05, 0.1) is 18.5 Å². The molecule has 0 saturated heterocycles. The van der Waals surface area contributed by atoms with Gasteiger partial charge >= 0.3 is 11.7 Å². The van der Waals surface area contributed by atoms with E-state index in [1.807, 2.05) is 0 Å². The van der Waals surface area contributed by atoms with Crippen LogP contribution >= 0.6 is 0 Å². The number of aromatic nitrogens is 1. The molecule has 0 spiro atoms. The topological polar surface area (TPSA) is 82.3 Å². The highest BCUT2D eigenvalue weighted by Gasteiger charge is 2.25. The molecule has 1 aromatic rings. The van der Waals surface area contributed by atoms with E-state index in [2.05, 4.69) is 9.72 Å². The van der Waals surface area contributed by atoms with Crippen molar-refractivity contribution in [2.24, 2.45) is 0 Å². The van der Waals surface area contributed by atoms with Crippen molar-refractivity contribution in [1.29, 1.82) is 0 Å². The summed E-state index contributed by atoms with van der Waals surface area (Å²) in [6, 6.07) is 0.556. The third-order valence-corrected chi connectivity index (χ3v) is 2.04. The van der Waals surface area contributed by atoms with Gasteiger partial charge in [0.15, 0.2) is 0 Å². The van der Waals surface area contributed by atoms with Crippen LogP contribution in [0.3, 0.4) is 0 Å². The van der Waals surface area contributed by atoms with Crippen molar-refractivity contribution < 1.29 is 27.6 Å². The van der Waals surface area contributed by atoms with E-state index in [0.29, 0.717) is 6.07 Å². The first kappa shape index (κ1) is 13.9. The van der Waals surface area contributed by atoms with Crippen molar-refractivity contribution in [3.63, 3.8) is 0 Å². The monoisotopic (exact) mass is 264 g/mol. The van der Waals surface area contributed by atoms with Gasteiger partial charge in [-0.1, -0.05) is 0 Å². The molecule has 0 saturated carbocycles. The van der Waals surface area contributed by atoms with Crippen molar-refractivity contribution in [3.05, 3.63) is 33.4 Å². The number of halogens is 3. The number of esters is 1. The number of alkyl halides is 2. The van der Waals surface area contributed by atoms with Crippen molar-refractivity contribution in [3.8, 4) is 0 Å². The van der Waals surface area contributed by atoms with Crippen molar-refractivity contribution >= 4 is 11.7 Å². The second-order valence-corrected chi connectivity index (χ2v) is 3.15. The molecule has 0 amide bonds. The molecule has 0 atom stereocenters. The summed E-state index contributed by atoms with van der Waals surface area (Å²) in [5.74, 6) is -2.51. The Morgan fingerprint density at radius 2 is 2.22 bits per heavy atom. The van der Waals surface area contributed by atoms with Crippen molar-refractivity contribution in [2.45, 2.75) is 12.8 Å². The number of nitrogens with zero attached hydrogens (tertiary/aromatic N) is 2. The van der Waals surface area contributed by atoms with E-state index >= 15 is 0 Å². The highest BCUT2D eigenvalue weighted by Crippen LogP contribution is 2.26. The van der Waals surface area contributed by atoms with Gasteiger partial charge in [-0.25, -0.2) is 13.8 Å². The Morgan fingerprint density at radius 1 is 1.61 bits per heavy atom. The van der Waals surface area contributed by atoms with Gasteiger partial charge in [0.1, 0.15) is 5.69 Å². The zero-order valence-corrected chi connectivity index (χ0v) is 9.02. The lowest BCUT2D eigenvalue weighted by atomic mass is 10.1. The number of rotatable bonds is 4. The Kier molecular flexibility index (Phi) is 4.18. The molecule has 0 bridgehead atoms. The predicted molar refractivity (Wildman–Crippen MR) is 51.5 cm³/mol. The fraction of sp³-hybridized carbons (Fsp3) is 0.333. The lowest BCUT2D eigenvalue weighted by Gasteiger charge is -2.07. The molecule has 0 aromatic carbocycles. The maximum absolute atomic E-state index is 13.1. The molecule has 0 unspecified atom stereocenters. The summed E-state index contributed by atoms with van der Waals surface area (Å²) in [5, 5.41) is 10.4. The molecule has 0 aliphatic carbocycles. The second kappa shape index (κ2) is 5.43. The van der Waals surface area contributed by atoms with Gasteiger partial charge in [-0.2, -0.15) is 4.39 Å². The van der Waals surface area contributed by atoms with Crippen LogP contribution < -0.4 is 0 Å². The Balaban J connectivity index is 3.30. The predicted octanol–water partition coefficient (Wildman–Crippen LogP) is 1.78. The van der Waals surface area contributed by atoms with Crippen LogP contribution in [0.5, 0.6) is 0 Å². The molecule has 1 aromatic heterocycles. The number of pyridine rings is 1. The van der Waals surface area contributed by atoms with Crippen LogP contribution in [0.25, 0.3) is 0 Å². The van der Waals surface area contributed by atoms with Crippen LogP contribution in [-0.2, 0) is 16.0 Å². The maximum atomic E-state index is 13.1. The molecule has 18 heavy (non-hydrogen) atoms. The number of ether oxygens (including phenoxy) is 1. The SMILES string of the molecule is COC(=O)Cc1cc([N+](=O)[O-])c(F)nc1C(F)F. The summed E-state index contributed by atoms with van der Waals surface area (Å²) in [6.45, 7) is 0. The molecular formula is C9H7F3N2O4. The lowest BCUT2D eigenvalue weighted by Crippen LogP contribution is -2.11. The number of carbonyl (C=O) groups excluding carboxylic acids is 1. The van der Waals surface area contributed by atoms with E-state index < -0.39 is 46.6 Å². The van der Waals surface area contributed by atoms with E-state index in [9.17, 15) is 28.1 Å². The van der Waals surface area contributed by atoms with E-state index in [4.69, 9.17) is 0 Å². The van der Waals surface area contributed by atoms with Crippen molar-refractivity contribution in [1.82, 2.24) is 4.98 Å². The number of carbonyl (C=O) groups is 1. The molecule has 6 nitrogen and oxygen atoms in total. The van der Waals surface area contributed by atoms with Gasteiger partial charge in [0.2, 0.25) is 0 Å². The lowest BCUT2D eigenvalue weighted by molar-refractivity contribution is -0.388. The first-order chi connectivity index (χ1) is 8.36. The molecule has 0 aliphatic heterocycles.